The Bertz CT molecular complexity index is 926. The van der Waals surface area contributed by atoms with Gasteiger partial charge < -0.3 is 18.0 Å². The molecule has 1 aromatic carbocycles. The van der Waals surface area contributed by atoms with E-state index >= 15 is 0 Å². The van der Waals surface area contributed by atoms with Crippen molar-refractivity contribution in [1.82, 2.24) is 0 Å². The van der Waals surface area contributed by atoms with Gasteiger partial charge in [-0.3, -0.25) is 0 Å². The molecule has 0 saturated heterocycles. The smallest absolute Gasteiger partial charge is 0.192 e. The van der Waals surface area contributed by atoms with Gasteiger partial charge in [0.25, 0.3) is 0 Å². The Kier molecular flexibility index (Phi) is 11.6. The monoisotopic (exact) mass is 606 g/mol. The quantitative estimate of drug-likeness (QED) is 0.196. The van der Waals surface area contributed by atoms with Crippen LogP contribution in [0.3, 0.4) is 0 Å². The van der Waals surface area contributed by atoms with Crippen LogP contribution in [-0.4, -0.2) is 49.9 Å². The van der Waals surface area contributed by atoms with Gasteiger partial charge in [-0.2, -0.15) is 0 Å². The van der Waals surface area contributed by atoms with Gasteiger partial charge in [0, 0.05) is 12.8 Å². The van der Waals surface area contributed by atoms with E-state index in [0.29, 0.717) is 13.2 Å². The fourth-order valence-electron chi connectivity index (χ4n) is 4.10. The predicted octanol–water partition coefficient (Wildman–Crippen LogP) is 10.1. The minimum Gasteiger partial charge on any atom is -0.413 e. The summed E-state index contributed by atoms with van der Waals surface area (Å²) in [7, 11) is -5.99. The summed E-state index contributed by atoms with van der Waals surface area (Å²) in [4.78, 5) is 0. The largest absolute Gasteiger partial charge is 0.413 e. The van der Waals surface area contributed by atoms with Gasteiger partial charge in [-0.1, -0.05) is 98.7 Å². The topological polar surface area (TPSA) is 36.9 Å². The third-order valence-corrected chi connectivity index (χ3v) is 23.6. The lowest BCUT2D eigenvalue weighted by atomic mass is 9.87. The van der Waals surface area contributed by atoms with Gasteiger partial charge in [-0.15, -0.1) is 0 Å². The molecule has 1 fully saturated rings. The van der Waals surface area contributed by atoms with Gasteiger partial charge in [0.1, 0.15) is 0 Å². The molecule has 2 rings (SSSR count). The highest BCUT2D eigenvalue weighted by Gasteiger charge is 2.47. The number of benzene rings is 1. The normalized spacial score (nSPS) is 22.0. The first-order valence-corrected chi connectivity index (χ1v) is 24.0. The van der Waals surface area contributed by atoms with E-state index in [1.54, 1.807) is 0 Å². The summed E-state index contributed by atoms with van der Waals surface area (Å²) >= 11 is 0. The van der Waals surface area contributed by atoms with Crippen molar-refractivity contribution in [1.29, 1.82) is 0 Å². The lowest BCUT2D eigenvalue weighted by molar-refractivity contribution is -0.0327. The first kappa shape index (κ1) is 35.6. The maximum absolute atomic E-state index is 7.20. The zero-order valence-electron chi connectivity index (χ0n) is 28.7. The molecular formula is C33H62O4Si3. The summed E-state index contributed by atoms with van der Waals surface area (Å²) in [5.74, 6) is 0. The van der Waals surface area contributed by atoms with Crippen LogP contribution < -0.4 is 0 Å². The fraction of sp³-hybridized carbons (Fsp3) is 0.758. The van der Waals surface area contributed by atoms with Crippen molar-refractivity contribution in [3.63, 3.8) is 0 Å². The van der Waals surface area contributed by atoms with Crippen molar-refractivity contribution in [2.45, 2.75) is 154 Å². The van der Waals surface area contributed by atoms with E-state index in [-0.39, 0.29) is 33.4 Å². The maximum atomic E-state index is 7.20. The van der Waals surface area contributed by atoms with E-state index < -0.39 is 25.0 Å². The summed E-state index contributed by atoms with van der Waals surface area (Å²) in [6, 6.07) is 10.5. The Labute approximate surface area is 251 Å². The average Bonchev–Trinajstić information content (AvgIpc) is 2.77. The lowest BCUT2D eigenvalue weighted by Crippen LogP contribution is -2.52. The standard InChI is InChI=1S/C33H62O4Si3/c1-31(2,3)38(10,11)35-22-21-28-29(36-39(12,13)32(4,5)6)23-27(34-25-26-19-17-16-18-20-26)24-30(28)37-40(14,15)33(7,8)9/h16-21,27,29-30H,22-25H2,1-15H3/t27?,29-,30-/m1/s1. The van der Waals surface area contributed by atoms with Gasteiger partial charge >= 0.3 is 0 Å². The molecule has 0 radical (unpaired) electrons. The molecule has 0 aromatic heterocycles. The third kappa shape index (κ3) is 9.48. The molecule has 0 heterocycles. The van der Waals surface area contributed by atoms with E-state index in [2.05, 4.69) is 138 Å². The zero-order valence-corrected chi connectivity index (χ0v) is 31.7. The Morgan fingerprint density at radius 3 is 1.50 bits per heavy atom. The molecule has 7 heteroatoms. The predicted molar refractivity (Wildman–Crippen MR) is 180 cm³/mol. The van der Waals surface area contributed by atoms with Crippen LogP contribution in [0.4, 0.5) is 0 Å². The number of hydrogen-bond donors (Lipinski definition) is 0. The average molecular weight is 607 g/mol. The van der Waals surface area contributed by atoms with Gasteiger partial charge in [0.2, 0.25) is 0 Å². The second-order valence-electron chi connectivity index (χ2n) is 16.4. The highest BCUT2D eigenvalue weighted by Crippen LogP contribution is 2.44. The molecule has 1 saturated carbocycles. The molecule has 1 aromatic rings. The highest BCUT2D eigenvalue weighted by atomic mass is 28.4. The first-order valence-electron chi connectivity index (χ1n) is 15.3. The van der Waals surface area contributed by atoms with Gasteiger partial charge in [-0.05, 0) is 65.5 Å². The molecule has 0 unspecified atom stereocenters. The zero-order chi connectivity index (χ0) is 30.8. The Balaban J connectivity index is 2.48. The van der Waals surface area contributed by atoms with Gasteiger partial charge in [0.05, 0.1) is 31.5 Å². The number of hydrogen-bond acceptors (Lipinski definition) is 4. The highest BCUT2D eigenvalue weighted by molar-refractivity contribution is 6.75. The molecule has 0 amide bonds. The van der Waals surface area contributed by atoms with Crippen LogP contribution in [0.2, 0.25) is 54.4 Å². The van der Waals surface area contributed by atoms with Crippen LogP contribution in [0.5, 0.6) is 0 Å². The summed E-state index contributed by atoms with van der Waals surface area (Å²) in [5.41, 5.74) is 2.48. The van der Waals surface area contributed by atoms with Crippen LogP contribution in [0.15, 0.2) is 42.0 Å². The van der Waals surface area contributed by atoms with Crippen molar-refractivity contribution in [3.05, 3.63) is 47.5 Å². The second-order valence-corrected chi connectivity index (χ2v) is 30.7. The van der Waals surface area contributed by atoms with Crippen LogP contribution in [0, 0.1) is 0 Å². The van der Waals surface area contributed by atoms with E-state index in [1.807, 2.05) is 0 Å². The number of rotatable bonds is 10. The minimum absolute atomic E-state index is 0.0341. The van der Waals surface area contributed by atoms with E-state index in [0.717, 1.165) is 12.8 Å². The SMILES string of the molecule is CC(C)(C)[Si](C)(C)OCC=C1[C@H](O[Si](C)(C)C(C)(C)C)CC(OCc2ccccc2)C[C@H]1O[Si](C)(C)C(C)(C)C. The van der Waals surface area contributed by atoms with Crippen molar-refractivity contribution < 1.29 is 18.0 Å². The van der Waals surface area contributed by atoms with E-state index in [9.17, 15) is 0 Å². The molecule has 40 heavy (non-hydrogen) atoms. The van der Waals surface area contributed by atoms with Crippen LogP contribution in [-0.2, 0) is 24.6 Å². The van der Waals surface area contributed by atoms with Crippen molar-refractivity contribution in [2.75, 3.05) is 6.61 Å². The van der Waals surface area contributed by atoms with E-state index in [4.69, 9.17) is 18.0 Å². The molecule has 0 spiro atoms. The van der Waals surface area contributed by atoms with Crippen LogP contribution >= 0.6 is 0 Å². The first-order chi connectivity index (χ1) is 18.0. The Morgan fingerprint density at radius 2 is 1.10 bits per heavy atom. The van der Waals surface area contributed by atoms with Crippen molar-refractivity contribution in [3.8, 4) is 0 Å². The molecule has 4 nitrogen and oxygen atoms in total. The summed E-state index contributed by atoms with van der Waals surface area (Å²) in [5, 5.41) is 0.398. The third-order valence-electron chi connectivity index (χ3n) is 10.1. The van der Waals surface area contributed by atoms with Gasteiger partial charge in [0.15, 0.2) is 25.0 Å². The molecule has 1 aliphatic carbocycles. The molecule has 1 aliphatic rings. The summed E-state index contributed by atoms with van der Waals surface area (Å²) < 4.78 is 27.7. The van der Waals surface area contributed by atoms with Crippen LogP contribution in [0.25, 0.3) is 0 Å². The van der Waals surface area contributed by atoms with Crippen molar-refractivity contribution >= 4 is 25.0 Å². The molecule has 2 atom stereocenters. The molecule has 0 bridgehead atoms. The Morgan fingerprint density at radius 1 is 0.675 bits per heavy atom. The summed E-state index contributed by atoms with van der Waals surface area (Å²) in [6.45, 7) is 36.1. The Hall–Kier alpha value is -0.549. The molecule has 230 valence electrons. The fourth-order valence-corrected chi connectivity index (χ4v) is 7.63. The molecule has 0 aliphatic heterocycles. The van der Waals surface area contributed by atoms with Gasteiger partial charge in [-0.25, -0.2) is 0 Å². The summed E-state index contributed by atoms with van der Waals surface area (Å²) in [6.07, 6.45) is 4.03. The lowest BCUT2D eigenvalue weighted by Gasteiger charge is -2.47. The second kappa shape index (κ2) is 13.0. The van der Waals surface area contributed by atoms with Crippen molar-refractivity contribution in [2.24, 2.45) is 0 Å². The number of ether oxygens (including phenoxy) is 1. The molecular weight excluding hydrogens is 545 g/mol. The maximum Gasteiger partial charge on any atom is 0.192 e. The van der Waals surface area contributed by atoms with E-state index in [1.165, 1.54) is 11.1 Å². The van der Waals surface area contributed by atoms with Crippen LogP contribution in [0.1, 0.15) is 80.7 Å². The minimum atomic E-state index is -2.05. The molecule has 0 N–H and O–H groups in total.